The van der Waals surface area contributed by atoms with Gasteiger partial charge in [-0.2, -0.15) is 0 Å². The van der Waals surface area contributed by atoms with Crippen molar-refractivity contribution in [1.29, 1.82) is 0 Å². The van der Waals surface area contributed by atoms with E-state index in [0.717, 1.165) is 13.3 Å². The molecule has 1 unspecified atom stereocenters. The maximum Gasteiger partial charge on any atom is 0.100 e. The fourth-order valence-electron chi connectivity index (χ4n) is 2.47. The molecule has 0 aliphatic carbocycles. The number of hydrogen-bond donors (Lipinski definition) is 0. The van der Waals surface area contributed by atoms with Crippen LogP contribution in [0.4, 0.5) is 0 Å². The van der Waals surface area contributed by atoms with E-state index in [9.17, 15) is 0 Å². The van der Waals surface area contributed by atoms with Crippen LogP contribution in [-0.4, -0.2) is 29.3 Å². The molecule has 0 aromatic heterocycles. The zero-order valence-electron chi connectivity index (χ0n) is 11.8. The molecule has 0 saturated carbocycles. The summed E-state index contributed by atoms with van der Waals surface area (Å²) in [4.78, 5) is 2.47. The van der Waals surface area contributed by atoms with Gasteiger partial charge in [0.15, 0.2) is 0 Å². The highest BCUT2D eigenvalue weighted by molar-refractivity contribution is 4.92. The first-order chi connectivity index (χ1) is 7.43. The molecule has 1 saturated heterocycles. The SMILES string of the molecule is CCCCC1(CCC)CN(C(C)(C)C)CO1. The van der Waals surface area contributed by atoms with Crippen LogP contribution in [0.15, 0.2) is 0 Å². The monoisotopic (exact) mass is 227 g/mol. The van der Waals surface area contributed by atoms with E-state index < -0.39 is 0 Å². The van der Waals surface area contributed by atoms with Crippen LogP contribution in [0, 0.1) is 0 Å². The van der Waals surface area contributed by atoms with Crippen LogP contribution in [-0.2, 0) is 4.74 Å². The van der Waals surface area contributed by atoms with Crippen LogP contribution in [0.3, 0.4) is 0 Å². The number of nitrogens with zero attached hydrogens (tertiary/aromatic N) is 1. The number of ether oxygens (including phenoxy) is 1. The van der Waals surface area contributed by atoms with E-state index in [1.807, 2.05) is 0 Å². The largest absolute Gasteiger partial charge is 0.358 e. The Morgan fingerprint density at radius 3 is 2.25 bits per heavy atom. The van der Waals surface area contributed by atoms with Gasteiger partial charge < -0.3 is 4.74 Å². The van der Waals surface area contributed by atoms with Crippen molar-refractivity contribution in [3.05, 3.63) is 0 Å². The Morgan fingerprint density at radius 1 is 1.12 bits per heavy atom. The molecule has 0 bridgehead atoms. The molecular weight excluding hydrogens is 198 g/mol. The van der Waals surface area contributed by atoms with Crippen LogP contribution in [0.5, 0.6) is 0 Å². The Morgan fingerprint density at radius 2 is 1.81 bits per heavy atom. The Labute approximate surface area is 101 Å². The quantitative estimate of drug-likeness (QED) is 0.708. The smallest absolute Gasteiger partial charge is 0.100 e. The number of unbranched alkanes of at least 4 members (excludes halogenated alkanes) is 1. The van der Waals surface area contributed by atoms with Crippen LogP contribution < -0.4 is 0 Å². The van der Waals surface area contributed by atoms with Crippen LogP contribution in [0.2, 0.25) is 0 Å². The van der Waals surface area contributed by atoms with Crippen LogP contribution in [0.25, 0.3) is 0 Å². The third kappa shape index (κ3) is 3.46. The van der Waals surface area contributed by atoms with Gasteiger partial charge in [0, 0.05) is 12.1 Å². The fraction of sp³-hybridized carbons (Fsp3) is 1.00. The topological polar surface area (TPSA) is 12.5 Å². The highest BCUT2D eigenvalue weighted by Gasteiger charge is 2.41. The van der Waals surface area contributed by atoms with Crippen molar-refractivity contribution in [2.45, 2.75) is 77.9 Å². The molecule has 1 atom stereocenters. The lowest BCUT2D eigenvalue weighted by atomic mass is 9.90. The average Bonchev–Trinajstić information content (AvgIpc) is 2.60. The molecule has 0 radical (unpaired) electrons. The molecule has 16 heavy (non-hydrogen) atoms. The molecule has 1 heterocycles. The van der Waals surface area contributed by atoms with Crippen molar-refractivity contribution in [1.82, 2.24) is 4.90 Å². The zero-order valence-corrected chi connectivity index (χ0v) is 11.8. The zero-order chi connectivity index (χ0) is 12.2. The summed E-state index contributed by atoms with van der Waals surface area (Å²) in [5, 5.41) is 0. The predicted octanol–water partition coefficient (Wildman–Crippen LogP) is 3.80. The Hall–Kier alpha value is -0.0800. The van der Waals surface area contributed by atoms with Crippen molar-refractivity contribution in [3.63, 3.8) is 0 Å². The van der Waals surface area contributed by atoms with E-state index in [0.29, 0.717) is 0 Å². The second kappa shape index (κ2) is 5.50. The maximum atomic E-state index is 6.15. The summed E-state index contributed by atoms with van der Waals surface area (Å²) in [6, 6.07) is 0. The van der Waals surface area contributed by atoms with Gasteiger partial charge in [0.05, 0.1) is 5.60 Å². The van der Waals surface area contributed by atoms with E-state index in [-0.39, 0.29) is 11.1 Å². The van der Waals surface area contributed by atoms with Crippen molar-refractivity contribution in [2.24, 2.45) is 0 Å². The summed E-state index contributed by atoms with van der Waals surface area (Å²) in [7, 11) is 0. The standard InChI is InChI=1S/C14H29NO/c1-6-8-10-14(9-7-2)11-15(12-16-14)13(3,4)5/h6-12H2,1-5H3. The molecule has 0 spiro atoms. The fourth-order valence-corrected chi connectivity index (χ4v) is 2.47. The lowest BCUT2D eigenvalue weighted by molar-refractivity contribution is -0.0144. The number of hydrogen-bond acceptors (Lipinski definition) is 2. The van der Waals surface area contributed by atoms with Crippen LogP contribution in [0.1, 0.15) is 66.7 Å². The summed E-state index contributed by atoms with van der Waals surface area (Å²) in [5.41, 5.74) is 0.389. The highest BCUT2D eigenvalue weighted by Crippen LogP contribution is 2.34. The van der Waals surface area contributed by atoms with Crippen molar-refractivity contribution >= 4 is 0 Å². The second-order valence-electron chi connectivity index (χ2n) is 6.18. The van der Waals surface area contributed by atoms with Gasteiger partial charge in [-0.1, -0.05) is 33.1 Å². The number of rotatable bonds is 5. The van der Waals surface area contributed by atoms with Gasteiger partial charge in [0.25, 0.3) is 0 Å². The van der Waals surface area contributed by atoms with Crippen molar-refractivity contribution in [3.8, 4) is 0 Å². The third-order valence-electron chi connectivity index (χ3n) is 3.65. The van der Waals surface area contributed by atoms with Gasteiger partial charge in [-0.05, 0) is 33.6 Å². The molecule has 2 nitrogen and oxygen atoms in total. The van der Waals surface area contributed by atoms with Gasteiger partial charge in [0.1, 0.15) is 6.73 Å². The second-order valence-corrected chi connectivity index (χ2v) is 6.18. The first kappa shape index (κ1) is 14.0. The van der Waals surface area contributed by atoms with Gasteiger partial charge in [-0.15, -0.1) is 0 Å². The minimum atomic E-state index is 0.151. The van der Waals surface area contributed by atoms with Gasteiger partial charge in [-0.3, -0.25) is 4.90 Å². The van der Waals surface area contributed by atoms with Gasteiger partial charge in [-0.25, -0.2) is 0 Å². The van der Waals surface area contributed by atoms with Crippen LogP contribution >= 0.6 is 0 Å². The molecule has 1 rings (SSSR count). The minimum absolute atomic E-state index is 0.151. The molecule has 0 aromatic carbocycles. The van der Waals surface area contributed by atoms with E-state index in [2.05, 4.69) is 39.5 Å². The predicted molar refractivity (Wildman–Crippen MR) is 69.6 cm³/mol. The molecule has 1 fully saturated rings. The summed E-state index contributed by atoms with van der Waals surface area (Å²) in [5.74, 6) is 0. The molecule has 1 aliphatic heterocycles. The maximum absolute atomic E-state index is 6.15. The van der Waals surface area contributed by atoms with Crippen molar-refractivity contribution < 1.29 is 4.74 Å². The third-order valence-corrected chi connectivity index (χ3v) is 3.65. The summed E-state index contributed by atoms with van der Waals surface area (Å²) < 4.78 is 6.15. The van der Waals surface area contributed by atoms with E-state index >= 15 is 0 Å². The molecule has 2 heteroatoms. The molecule has 0 N–H and O–H groups in total. The molecule has 0 aromatic rings. The van der Waals surface area contributed by atoms with Gasteiger partial charge in [0.2, 0.25) is 0 Å². The van der Waals surface area contributed by atoms with E-state index in [4.69, 9.17) is 4.74 Å². The molecule has 0 amide bonds. The molecule has 1 aliphatic rings. The summed E-state index contributed by atoms with van der Waals surface area (Å²) in [6.45, 7) is 13.3. The highest BCUT2D eigenvalue weighted by atomic mass is 16.5. The Balaban J connectivity index is 2.60. The van der Waals surface area contributed by atoms with E-state index in [1.165, 1.54) is 32.1 Å². The normalized spacial score (nSPS) is 27.6. The van der Waals surface area contributed by atoms with E-state index in [1.54, 1.807) is 0 Å². The lowest BCUT2D eigenvalue weighted by Gasteiger charge is -2.32. The molecular formula is C14H29NO. The Bertz CT molecular complexity index is 209. The summed E-state index contributed by atoms with van der Waals surface area (Å²) in [6.07, 6.45) is 6.22. The van der Waals surface area contributed by atoms with Crippen molar-refractivity contribution in [2.75, 3.05) is 13.3 Å². The van der Waals surface area contributed by atoms with Gasteiger partial charge >= 0.3 is 0 Å². The minimum Gasteiger partial charge on any atom is -0.358 e. The first-order valence-electron chi connectivity index (χ1n) is 6.82. The summed E-state index contributed by atoms with van der Waals surface area (Å²) >= 11 is 0. The average molecular weight is 227 g/mol. The lowest BCUT2D eigenvalue weighted by Crippen LogP contribution is -2.43. The molecule has 96 valence electrons. The Kier molecular flexibility index (Phi) is 4.81. The first-order valence-corrected chi connectivity index (χ1v) is 6.82.